The van der Waals surface area contributed by atoms with Crippen LogP contribution in [-0.4, -0.2) is 64.7 Å². The third-order valence-electron chi connectivity index (χ3n) is 5.40. The summed E-state index contributed by atoms with van der Waals surface area (Å²) in [7, 11) is 0.411. The van der Waals surface area contributed by atoms with Gasteiger partial charge < -0.3 is 14.2 Å². The van der Waals surface area contributed by atoms with Crippen LogP contribution in [0.25, 0.3) is 17.1 Å². The fourth-order valence-electron chi connectivity index (χ4n) is 3.49. The Kier molecular flexibility index (Phi) is 7.47. The lowest BCUT2D eigenvalue weighted by Gasteiger charge is -2.19. The third-order valence-corrected chi connectivity index (χ3v) is 7.10. The van der Waals surface area contributed by atoms with Crippen molar-refractivity contribution in [3.63, 3.8) is 0 Å². The van der Waals surface area contributed by atoms with Gasteiger partial charge in [-0.25, -0.2) is 22.8 Å². The number of pyridine rings is 1. The molecule has 1 N–H and O–H groups in total. The lowest BCUT2D eigenvalue weighted by atomic mass is 10.2. The molecule has 37 heavy (non-hydrogen) atoms. The number of halogens is 1. The number of para-hydroxylation sites is 1. The van der Waals surface area contributed by atoms with Crippen molar-refractivity contribution >= 4 is 16.0 Å². The van der Waals surface area contributed by atoms with E-state index in [0.29, 0.717) is 28.5 Å². The van der Waals surface area contributed by atoms with Gasteiger partial charge in [-0.2, -0.15) is 0 Å². The largest absolute Gasteiger partial charge is 0.495 e. The fourth-order valence-corrected chi connectivity index (χ4v) is 4.45. The van der Waals surface area contributed by atoms with Gasteiger partial charge in [0.25, 0.3) is 0 Å². The molecule has 14 heteroatoms. The van der Waals surface area contributed by atoms with Crippen molar-refractivity contribution in [3.8, 4) is 34.3 Å². The molecule has 0 aliphatic rings. The van der Waals surface area contributed by atoms with Gasteiger partial charge in [-0.05, 0) is 25.1 Å². The first kappa shape index (κ1) is 25.8. The van der Waals surface area contributed by atoms with Gasteiger partial charge in [-0.3, -0.25) is 14.3 Å². The van der Waals surface area contributed by atoms with E-state index >= 15 is 0 Å². The first-order valence-corrected chi connectivity index (χ1v) is 12.5. The van der Waals surface area contributed by atoms with Crippen LogP contribution < -0.4 is 18.9 Å². The Balaban J connectivity index is 1.82. The molecule has 0 spiro atoms. The summed E-state index contributed by atoms with van der Waals surface area (Å²) >= 11 is 0. The van der Waals surface area contributed by atoms with E-state index in [-0.39, 0.29) is 24.0 Å². The van der Waals surface area contributed by atoms with Crippen LogP contribution >= 0.6 is 0 Å². The second-order valence-electron chi connectivity index (χ2n) is 7.79. The van der Waals surface area contributed by atoms with Crippen LogP contribution in [0.15, 0.2) is 49.1 Å². The van der Waals surface area contributed by atoms with Crippen molar-refractivity contribution in [2.75, 3.05) is 26.1 Å². The summed E-state index contributed by atoms with van der Waals surface area (Å²) in [5.41, 5.74) is 0.862. The van der Waals surface area contributed by atoms with Crippen molar-refractivity contribution in [1.29, 1.82) is 0 Å². The summed E-state index contributed by atoms with van der Waals surface area (Å²) in [6.45, 7) is 1.48. The smallest absolute Gasteiger partial charge is 0.243 e. The topological polar surface area (TPSA) is 143 Å². The lowest BCUT2D eigenvalue weighted by molar-refractivity contribution is 0.391. The van der Waals surface area contributed by atoms with Crippen molar-refractivity contribution in [1.82, 2.24) is 29.7 Å². The molecule has 0 bridgehead atoms. The Hall–Kier alpha value is -4.33. The zero-order chi connectivity index (χ0) is 26.6. The van der Waals surface area contributed by atoms with E-state index in [1.54, 1.807) is 24.3 Å². The van der Waals surface area contributed by atoms with Crippen LogP contribution in [-0.2, 0) is 16.4 Å². The number of aromatic nitrogens is 6. The van der Waals surface area contributed by atoms with Gasteiger partial charge in [0, 0.05) is 18.2 Å². The van der Waals surface area contributed by atoms with Crippen LogP contribution in [0, 0.1) is 5.82 Å². The van der Waals surface area contributed by atoms with Gasteiger partial charge in [0.2, 0.25) is 16.0 Å². The molecule has 0 aliphatic heterocycles. The number of ether oxygens (including phenoxy) is 3. The maximum absolute atomic E-state index is 13.3. The second kappa shape index (κ2) is 10.7. The molecule has 4 aromatic rings. The summed E-state index contributed by atoms with van der Waals surface area (Å²) in [6, 6.07) is 6.80. The predicted octanol–water partition coefficient (Wildman–Crippen LogP) is 2.66. The van der Waals surface area contributed by atoms with E-state index in [0.717, 1.165) is 12.4 Å². The molecule has 0 amide bonds. The Morgan fingerprint density at radius 1 is 1.00 bits per heavy atom. The number of nitrogens with zero attached hydrogens (tertiary/aromatic N) is 6. The molecular formula is C23H24FN7O5S. The van der Waals surface area contributed by atoms with E-state index in [9.17, 15) is 12.8 Å². The average molecular weight is 530 g/mol. The number of nitrogens with one attached hydrogen (secondary N) is 1. The molecule has 3 heterocycles. The van der Waals surface area contributed by atoms with E-state index in [1.165, 1.54) is 45.2 Å². The minimum Gasteiger partial charge on any atom is -0.495 e. The molecule has 1 unspecified atom stereocenters. The van der Waals surface area contributed by atoms with E-state index in [4.69, 9.17) is 14.2 Å². The zero-order valence-electron chi connectivity index (χ0n) is 20.4. The maximum atomic E-state index is 13.3. The quantitative estimate of drug-likeness (QED) is 0.326. The van der Waals surface area contributed by atoms with Crippen LogP contribution in [0.1, 0.15) is 12.7 Å². The standard InChI is InChI=1S/C23H24FN7O5S/c1-14(8-20-26-11-16(24)12-27-20)37(32,33)30-23-29-28-22(15-9-17(34-2)13-25-10-15)31(23)21-18(35-3)6-5-7-19(21)36-4/h5-7,9-14H,8H2,1-4H3,(H,29,30). The second-order valence-corrected chi connectivity index (χ2v) is 9.89. The molecule has 12 nitrogen and oxygen atoms in total. The van der Waals surface area contributed by atoms with Crippen LogP contribution in [0.2, 0.25) is 0 Å². The van der Waals surface area contributed by atoms with Crippen LogP contribution in [0.5, 0.6) is 17.2 Å². The Morgan fingerprint density at radius 2 is 1.68 bits per heavy atom. The summed E-state index contributed by atoms with van der Waals surface area (Å²) in [5.74, 6) is 0.919. The van der Waals surface area contributed by atoms with Crippen molar-refractivity contribution in [2.45, 2.75) is 18.6 Å². The SMILES string of the molecule is COc1cncc(-c2nnc(NS(=O)(=O)C(C)Cc3ncc(F)cn3)n2-c2c(OC)cccc2OC)c1. The first-order valence-electron chi connectivity index (χ1n) is 10.9. The predicted molar refractivity (Wildman–Crippen MR) is 132 cm³/mol. The summed E-state index contributed by atoms with van der Waals surface area (Å²) in [6.07, 6.45) is 4.96. The van der Waals surface area contributed by atoms with E-state index in [2.05, 4.69) is 29.9 Å². The summed E-state index contributed by atoms with van der Waals surface area (Å²) in [5, 5.41) is 7.37. The third kappa shape index (κ3) is 5.43. The molecule has 0 fully saturated rings. The molecular weight excluding hydrogens is 505 g/mol. The van der Waals surface area contributed by atoms with Crippen molar-refractivity contribution < 1.29 is 27.0 Å². The van der Waals surface area contributed by atoms with Gasteiger partial charge in [0.15, 0.2) is 11.6 Å². The van der Waals surface area contributed by atoms with Gasteiger partial charge in [0.05, 0.1) is 45.2 Å². The van der Waals surface area contributed by atoms with Crippen LogP contribution in [0.4, 0.5) is 10.3 Å². The highest BCUT2D eigenvalue weighted by molar-refractivity contribution is 7.93. The molecule has 0 radical (unpaired) electrons. The lowest BCUT2D eigenvalue weighted by Crippen LogP contribution is -2.29. The van der Waals surface area contributed by atoms with E-state index < -0.39 is 21.1 Å². The monoisotopic (exact) mass is 529 g/mol. The minimum absolute atomic E-state index is 0.0611. The Morgan fingerprint density at radius 3 is 2.30 bits per heavy atom. The average Bonchev–Trinajstić information content (AvgIpc) is 3.31. The number of hydrogen-bond acceptors (Lipinski definition) is 10. The highest BCUT2D eigenvalue weighted by atomic mass is 32.2. The van der Waals surface area contributed by atoms with Gasteiger partial charge in [-0.15, -0.1) is 10.2 Å². The number of anilines is 1. The highest BCUT2D eigenvalue weighted by Gasteiger charge is 2.28. The van der Waals surface area contributed by atoms with Crippen LogP contribution in [0.3, 0.4) is 0 Å². The fraction of sp³-hybridized carbons (Fsp3) is 0.261. The Labute approximate surface area is 212 Å². The molecule has 0 saturated heterocycles. The maximum Gasteiger partial charge on any atom is 0.243 e. The number of methoxy groups -OCH3 is 3. The molecule has 4 rings (SSSR count). The molecule has 1 atom stereocenters. The molecule has 0 aliphatic carbocycles. The Bertz CT molecular complexity index is 1470. The van der Waals surface area contributed by atoms with Gasteiger partial charge in [0.1, 0.15) is 28.8 Å². The molecule has 3 aromatic heterocycles. The molecule has 194 valence electrons. The summed E-state index contributed by atoms with van der Waals surface area (Å²) < 4.78 is 60.1. The minimum atomic E-state index is -4.04. The first-order chi connectivity index (χ1) is 17.8. The van der Waals surface area contributed by atoms with Crippen molar-refractivity contribution in [3.05, 3.63) is 60.7 Å². The molecule has 0 saturated carbocycles. The number of rotatable bonds is 10. The summed E-state index contributed by atoms with van der Waals surface area (Å²) in [4.78, 5) is 11.9. The van der Waals surface area contributed by atoms with E-state index in [1.807, 2.05) is 0 Å². The number of sulfonamides is 1. The number of benzene rings is 1. The van der Waals surface area contributed by atoms with Gasteiger partial charge in [-0.1, -0.05) is 6.07 Å². The highest BCUT2D eigenvalue weighted by Crippen LogP contribution is 2.38. The number of hydrogen-bond donors (Lipinski definition) is 1. The van der Waals surface area contributed by atoms with Gasteiger partial charge >= 0.3 is 0 Å². The normalized spacial score (nSPS) is 12.1. The zero-order valence-corrected chi connectivity index (χ0v) is 21.2. The van der Waals surface area contributed by atoms with Crippen molar-refractivity contribution in [2.24, 2.45) is 0 Å². The molecule has 1 aromatic carbocycles.